The van der Waals surface area contributed by atoms with E-state index in [1.54, 1.807) is 0 Å². The van der Waals surface area contributed by atoms with Gasteiger partial charge in [-0.1, -0.05) is 18.3 Å². The third-order valence-electron chi connectivity index (χ3n) is 2.95. The fraction of sp³-hybridized carbons (Fsp3) is 0.455. The molecule has 80 valence electrons. The highest BCUT2D eigenvalue weighted by Gasteiger charge is 2.25. The van der Waals surface area contributed by atoms with Gasteiger partial charge < -0.3 is 9.88 Å². The Morgan fingerprint density at radius 3 is 3.07 bits per heavy atom. The van der Waals surface area contributed by atoms with Gasteiger partial charge in [0.05, 0.1) is 6.04 Å². The zero-order chi connectivity index (χ0) is 10.8. The summed E-state index contributed by atoms with van der Waals surface area (Å²) in [6, 6.07) is 4.15. The molecule has 1 N–H and O–H groups in total. The van der Waals surface area contributed by atoms with Gasteiger partial charge >= 0.3 is 0 Å². The van der Waals surface area contributed by atoms with Crippen LogP contribution in [0.3, 0.4) is 0 Å². The highest BCUT2D eigenvalue weighted by atomic mass is 32.1. The largest absolute Gasteiger partial charge is 0.350 e. The van der Waals surface area contributed by atoms with Gasteiger partial charge in [0, 0.05) is 12.2 Å². The molecular weight excluding hydrogens is 208 g/mol. The normalized spacial score (nSPS) is 20.6. The summed E-state index contributed by atoms with van der Waals surface area (Å²) in [5.41, 5.74) is 2.26. The van der Waals surface area contributed by atoms with Gasteiger partial charge in [-0.05, 0) is 31.4 Å². The predicted molar refractivity (Wildman–Crippen MR) is 61.1 cm³/mol. The fourth-order valence-corrected chi connectivity index (χ4v) is 2.42. The second-order valence-electron chi connectivity index (χ2n) is 3.90. The molecule has 0 aromatic carbocycles. The molecule has 0 spiro atoms. The number of likely N-dealkylation sites (tertiary alicyclic amines) is 1. The summed E-state index contributed by atoms with van der Waals surface area (Å²) >= 11 is 5.05. The molecule has 0 saturated carbocycles. The van der Waals surface area contributed by atoms with Gasteiger partial charge in [0.25, 0.3) is 0 Å². The molecule has 1 aromatic rings. The second kappa shape index (κ2) is 4.14. The van der Waals surface area contributed by atoms with Crippen LogP contribution in [0.25, 0.3) is 0 Å². The zero-order valence-corrected chi connectivity index (χ0v) is 9.51. The van der Waals surface area contributed by atoms with E-state index in [1.165, 1.54) is 5.56 Å². The van der Waals surface area contributed by atoms with Gasteiger partial charge in [-0.2, -0.15) is 0 Å². The van der Waals surface area contributed by atoms with Gasteiger partial charge in [0.15, 0.2) is 0 Å². The number of nitrogens with zero attached hydrogens (tertiary/aromatic N) is 1. The standard InChI is InChI=1S/C11H14N2OS/c1-8-9(4-5-11(15)12-8)10-3-2-6-13(10)7-14/h4-5,7,10H,2-3,6H2,1H3,(H,12,15)/t10-/m1/s1. The average Bonchev–Trinajstić information content (AvgIpc) is 2.65. The lowest BCUT2D eigenvalue weighted by atomic mass is 10.0. The highest BCUT2D eigenvalue weighted by molar-refractivity contribution is 7.71. The van der Waals surface area contributed by atoms with E-state index in [0.29, 0.717) is 0 Å². The number of aryl methyl sites for hydroxylation is 1. The summed E-state index contributed by atoms with van der Waals surface area (Å²) in [4.78, 5) is 15.9. The van der Waals surface area contributed by atoms with Gasteiger partial charge in [-0.25, -0.2) is 0 Å². The lowest BCUT2D eigenvalue weighted by molar-refractivity contribution is -0.118. The van der Waals surface area contributed by atoms with Crippen molar-refractivity contribution in [2.45, 2.75) is 25.8 Å². The number of pyridine rings is 1. The molecule has 1 aliphatic rings. The van der Waals surface area contributed by atoms with E-state index in [-0.39, 0.29) is 6.04 Å². The number of hydrogen-bond donors (Lipinski definition) is 1. The van der Waals surface area contributed by atoms with Crippen LogP contribution in [0.2, 0.25) is 0 Å². The van der Waals surface area contributed by atoms with Crippen LogP contribution >= 0.6 is 12.2 Å². The summed E-state index contributed by atoms with van der Waals surface area (Å²) in [6.07, 6.45) is 3.07. The van der Waals surface area contributed by atoms with E-state index >= 15 is 0 Å². The minimum absolute atomic E-state index is 0.231. The predicted octanol–water partition coefficient (Wildman–Crippen LogP) is 2.35. The van der Waals surface area contributed by atoms with Crippen LogP contribution in [-0.4, -0.2) is 22.8 Å². The first kappa shape index (κ1) is 10.4. The monoisotopic (exact) mass is 222 g/mol. The molecule has 1 aliphatic heterocycles. The Kier molecular flexibility index (Phi) is 2.86. The zero-order valence-electron chi connectivity index (χ0n) is 8.69. The lowest BCUT2D eigenvalue weighted by Gasteiger charge is -2.21. The Balaban J connectivity index is 2.36. The van der Waals surface area contributed by atoms with Crippen molar-refractivity contribution in [3.05, 3.63) is 28.0 Å². The van der Waals surface area contributed by atoms with Gasteiger partial charge in [0.1, 0.15) is 4.64 Å². The molecule has 3 nitrogen and oxygen atoms in total. The van der Waals surface area contributed by atoms with E-state index in [2.05, 4.69) is 4.98 Å². The number of carbonyl (C=O) groups is 1. The third kappa shape index (κ3) is 1.95. The van der Waals surface area contributed by atoms with Gasteiger partial charge in [-0.15, -0.1) is 0 Å². The Hall–Kier alpha value is -1.16. The van der Waals surface area contributed by atoms with E-state index in [9.17, 15) is 4.79 Å². The van der Waals surface area contributed by atoms with Crippen LogP contribution in [0, 0.1) is 11.6 Å². The Morgan fingerprint density at radius 2 is 2.40 bits per heavy atom. The van der Waals surface area contributed by atoms with E-state index in [4.69, 9.17) is 12.2 Å². The molecule has 4 heteroatoms. The number of hydrogen-bond acceptors (Lipinski definition) is 2. The van der Waals surface area contributed by atoms with Crippen molar-refractivity contribution in [1.29, 1.82) is 0 Å². The number of amides is 1. The topological polar surface area (TPSA) is 36.1 Å². The summed E-state index contributed by atoms with van der Waals surface area (Å²) in [5.74, 6) is 0. The minimum Gasteiger partial charge on any atom is -0.350 e. The van der Waals surface area contributed by atoms with E-state index in [1.807, 2.05) is 24.0 Å². The number of carbonyl (C=O) groups excluding carboxylic acids is 1. The molecule has 1 fully saturated rings. The third-order valence-corrected chi connectivity index (χ3v) is 3.18. The molecule has 2 heterocycles. The number of aromatic amines is 1. The molecule has 0 bridgehead atoms. The fourth-order valence-electron chi connectivity index (χ4n) is 2.20. The van der Waals surface area contributed by atoms with Crippen LogP contribution < -0.4 is 0 Å². The molecule has 0 unspecified atom stereocenters. The lowest BCUT2D eigenvalue weighted by Crippen LogP contribution is -2.22. The average molecular weight is 222 g/mol. The second-order valence-corrected chi connectivity index (χ2v) is 4.34. The highest BCUT2D eigenvalue weighted by Crippen LogP contribution is 2.31. The maximum absolute atomic E-state index is 10.9. The number of rotatable bonds is 2. The van der Waals surface area contributed by atoms with Crippen molar-refractivity contribution in [2.24, 2.45) is 0 Å². The molecule has 0 radical (unpaired) electrons. The Labute approximate surface area is 94.1 Å². The first-order chi connectivity index (χ1) is 7.22. The Bertz CT molecular complexity index is 427. The van der Waals surface area contributed by atoms with Crippen molar-refractivity contribution in [3.63, 3.8) is 0 Å². The first-order valence-corrected chi connectivity index (χ1v) is 5.54. The van der Waals surface area contributed by atoms with Crippen LogP contribution in [0.1, 0.15) is 30.1 Å². The van der Waals surface area contributed by atoms with Crippen molar-refractivity contribution in [1.82, 2.24) is 9.88 Å². The van der Waals surface area contributed by atoms with Crippen LogP contribution in [-0.2, 0) is 4.79 Å². The molecule has 0 aliphatic carbocycles. The molecule has 1 aromatic heterocycles. The molecule has 1 atom stereocenters. The number of nitrogens with one attached hydrogen (secondary N) is 1. The maximum atomic E-state index is 10.9. The van der Waals surface area contributed by atoms with Crippen molar-refractivity contribution in [2.75, 3.05) is 6.54 Å². The molecule has 1 saturated heterocycles. The summed E-state index contributed by atoms with van der Waals surface area (Å²) in [6.45, 7) is 2.87. The van der Waals surface area contributed by atoms with Gasteiger partial charge in [0.2, 0.25) is 6.41 Å². The van der Waals surface area contributed by atoms with E-state index in [0.717, 1.165) is 36.1 Å². The van der Waals surface area contributed by atoms with Crippen molar-refractivity contribution >= 4 is 18.6 Å². The smallest absolute Gasteiger partial charge is 0.210 e. The quantitative estimate of drug-likeness (QED) is 0.616. The molecule has 2 rings (SSSR count). The summed E-state index contributed by atoms with van der Waals surface area (Å²) in [5, 5.41) is 0. The van der Waals surface area contributed by atoms with Crippen LogP contribution in [0.15, 0.2) is 12.1 Å². The van der Waals surface area contributed by atoms with Crippen molar-refractivity contribution in [3.8, 4) is 0 Å². The van der Waals surface area contributed by atoms with Crippen LogP contribution in [0.4, 0.5) is 0 Å². The SMILES string of the molecule is Cc1[nH]c(=S)ccc1[C@H]1CCCN1C=O. The molecule has 1 amide bonds. The van der Waals surface area contributed by atoms with Crippen molar-refractivity contribution < 1.29 is 4.79 Å². The first-order valence-electron chi connectivity index (χ1n) is 5.13. The summed E-state index contributed by atoms with van der Waals surface area (Å²) in [7, 11) is 0. The van der Waals surface area contributed by atoms with E-state index < -0.39 is 0 Å². The number of H-pyrrole nitrogens is 1. The van der Waals surface area contributed by atoms with Gasteiger partial charge in [-0.3, -0.25) is 4.79 Å². The minimum atomic E-state index is 0.231. The molecule has 15 heavy (non-hydrogen) atoms. The summed E-state index contributed by atoms with van der Waals surface area (Å²) < 4.78 is 0.743. The van der Waals surface area contributed by atoms with Crippen LogP contribution in [0.5, 0.6) is 0 Å². The molecular formula is C11H14N2OS. The number of aromatic nitrogens is 1. The maximum Gasteiger partial charge on any atom is 0.210 e. The Morgan fingerprint density at radius 1 is 1.60 bits per heavy atom.